The minimum absolute atomic E-state index is 0.0166. The number of hydrogen-bond donors (Lipinski definition) is 1. The molecule has 1 saturated heterocycles. The van der Waals surface area contributed by atoms with Crippen molar-refractivity contribution >= 4 is 21.6 Å². The predicted molar refractivity (Wildman–Crippen MR) is 134 cm³/mol. The number of methoxy groups -OCH3 is 3. The maximum atomic E-state index is 13.6. The Balaban J connectivity index is 1.63. The molecule has 0 aliphatic carbocycles. The van der Waals surface area contributed by atoms with Crippen molar-refractivity contribution in [2.75, 3.05) is 33.2 Å². The van der Waals surface area contributed by atoms with E-state index in [9.17, 15) is 13.2 Å². The molecule has 1 fully saturated rings. The van der Waals surface area contributed by atoms with Crippen LogP contribution in [0.5, 0.6) is 23.0 Å². The van der Waals surface area contributed by atoms with Crippen LogP contribution >= 0.6 is 0 Å². The third-order valence-corrected chi connectivity index (χ3v) is 7.74. The number of nitrogens with one attached hydrogen (secondary N) is 1. The van der Waals surface area contributed by atoms with Crippen molar-refractivity contribution in [2.24, 2.45) is 0 Å². The molecule has 1 heterocycles. The van der Waals surface area contributed by atoms with Crippen LogP contribution in [0.1, 0.15) is 6.42 Å². The summed E-state index contributed by atoms with van der Waals surface area (Å²) in [5, 5.41) is 2.81. The van der Waals surface area contributed by atoms with Crippen LogP contribution in [-0.4, -0.2) is 58.7 Å². The second-order valence-electron chi connectivity index (χ2n) is 8.15. The molecule has 1 amide bonds. The van der Waals surface area contributed by atoms with E-state index in [-0.39, 0.29) is 17.9 Å². The maximum Gasteiger partial charge on any atom is 0.243 e. The fourth-order valence-electron chi connectivity index (χ4n) is 4.04. The standard InChI is InChI=1S/C26H28N2O7S/c1-32-19-9-11-24(12-10-19)36(30,31)28-17-23(35-20-7-5-4-6-8-20)16-25(28)26(29)27-18-13-21(33-2)15-22(14-18)34-3/h4-15,23,25H,16-17H2,1-3H3,(H,27,29). The van der Waals surface area contributed by atoms with Gasteiger partial charge in [0.05, 0.1) is 32.8 Å². The second kappa shape index (κ2) is 10.9. The van der Waals surface area contributed by atoms with Crippen molar-refractivity contribution in [3.8, 4) is 23.0 Å². The topological polar surface area (TPSA) is 103 Å². The van der Waals surface area contributed by atoms with Crippen LogP contribution in [0.3, 0.4) is 0 Å². The van der Waals surface area contributed by atoms with E-state index < -0.39 is 28.1 Å². The molecule has 3 aromatic carbocycles. The molecular formula is C26H28N2O7S. The van der Waals surface area contributed by atoms with Gasteiger partial charge in [0, 0.05) is 30.3 Å². The molecule has 1 aliphatic heterocycles. The Labute approximate surface area is 210 Å². The third-order valence-electron chi connectivity index (χ3n) is 5.85. The van der Waals surface area contributed by atoms with Gasteiger partial charge in [0.15, 0.2) is 0 Å². The molecule has 1 aliphatic rings. The normalized spacial score (nSPS) is 17.9. The zero-order valence-corrected chi connectivity index (χ0v) is 21.0. The molecule has 36 heavy (non-hydrogen) atoms. The van der Waals surface area contributed by atoms with Gasteiger partial charge in [-0.3, -0.25) is 4.79 Å². The van der Waals surface area contributed by atoms with E-state index in [2.05, 4.69) is 5.32 Å². The van der Waals surface area contributed by atoms with E-state index >= 15 is 0 Å². The summed E-state index contributed by atoms with van der Waals surface area (Å²) in [6.45, 7) is 0.0166. The van der Waals surface area contributed by atoms with Gasteiger partial charge in [-0.05, 0) is 36.4 Å². The number of amides is 1. The number of sulfonamides is 1. The highest BCUT2D eigenvalue weighted by Crippen LogP contribution is 2.32. The van der Waals surface area contributed by atoms with E-state index in [1.165, 1.54) is 37.8 Å². The number of carbonyl (C=O) groups excluding carboxylic acids is 1. The molecule has 0 aromatic heterocycles. The van der Waals surface area contributed by atoms with Gasteiger partial charge >= 0.3 is 0 Å². The number of hydrogen-bond acceptors (Lipinski definition) is 7. The zero-order chi connectivity index (χ0) is 25.7. The smallest absolute Gasteiger partial charge is 0.243 e. The van der Waals surface area contributed by atoms with Crippen LogP contribution < -0.4 is 24.3 Å². The first-order valence-corrected chi connectivity index (χ1v) is 12.7. The summed E-state index contributed by atoms with van der Waals surface area (Å²) in [7, 11) is 0.502. The molecule has 0 radical (unpaired) electrons. The van der Waals surface area contributed by atoms with Crippen molar-refractivity contribution in [2.45, 2.75) is 23.5 Å². The van der Waals surface area contributed by atoms with Gasteiger partial charge in [-0.1, -0.05) is 18.2 Å². The minimum Gasteiger partial charge on any atom is -0.497 e. The molecule has 3 aromatic rings. The van der Waals surface area contributed by atoms with Crippen LogP contribution in [0.2, 0.25) is 0 Å². The highest BCUT2D eigenvalue weighted by molar-refractivity contribution is 7.89. The number of benzene rings is 3. The average Bonchev–Trinajstić information content (AvgIpc) is 3.34. The lowest BCUT2D eigenvalue weighted by Crippen LogP contribution is -2.43. The van der Waals surface area contributed by atoms with Crippen LogP contribution in [-0.2, 0) is 14.8 Å². The summed E-state index contributed by atoms with van der Waals surface area (Å²) in [5.74, 6) is 1.62. The number of anilines is 1. The van der Waals surface area contributed by atoms with E-state index in [4.69, 9.17) is 18.9 Å². The van der Waals surface area contributed by atoms with Crippen LogP contribution in [0.15, 0.2) is 77.7 Å². The molecule has 0 spiro atoms. The fourth-order valence-corrected chi connectivity index (χ4v) is 5.67. The lowest BCUT2D eigenvalue weighted by Gasteiger charge is -2.23. The highest BCUT2D eigenvalue weighted by Gasteiger charge is 2.45. The fraction of sp³-hybridized carbons (Fsp3) is 0.269. The maximum absolute atomic E-state index is 13.6. The Hall–Kier alpha value is -3.76. The molecule has 2 unspecified atom stereocenters. The first-order valence-electron chi connectivity index (χ1n) is 11.3. The summed E-state index contributed by atoms with van der Waals surface area (Å²) in [6.07, 6.45) is -0.340. The van der Waals surface area contributed by atoms with E-state index in [0.29, 0.717) is 28.7 Å². The number of carbonyl (C=O) groups is 1. The summed E-state index contributed by atoms with van der Waals surface area (Å²) >= 11 is 0. The van der Waals surface area contributed by atoms with E-state index in [1.807, 2.05) is 18.2 Å². The monoisotopic (exact) mass is 512 g/mol. The molecule has 2 atom stereocenters. The highest BCUT2D eigenvalue weighted by atomic mass is 32.2. The lowest BCUT2D eigenvalue weighted by molar-refractivity contribution is -0.119. The van der Waals surface area contributed by atoms with Crippen molar-refractivity contribution in [3.05, 3.63) is 72.8 Å². The van der Waals surface area contributed by atoms with Gasteiger partial charge in [-0.2, -0.15) is 4.31 Å². The lowest BCUT2D eigenvalue weighted by atomic mass is 10.2. The quantitative estimate of drug-likeness (QED) is 0.468. The number of nitrogens with zero attached hydrogens (tertiary/aromatic N) is 1. The Bertz CT molecular complexity index is 1280. The molecule has 9 nitrogen and oxygen atoms in total. The number of ether oxygens (including phenoxy) is 4. The number of para-hydroxylation sites is 1. The first kappa shape index (κ1) is 25.3. The molecule has 0 bridgehead atoms. The average molecular weight is 513 g/mol. The minimum atomic E-state index is -4.01. The first-order chi connectivity index (χ1) is 17.3. The summed E-state index contributed by atoms with van der Waals surface area (Å²) in [6, 6.07) is 19.1. The van der Waals surface area contributed by atoms with Crippen molar-refractivity contribution in [1.29, 1.82) is 0 Å². The molecule has 0 saturated carbocycles. The molecule has 4 rings (SSSR count). The van der Waals surface area contributed by atoms with Crippen molar-refractivity contribution in [1.82, 2.24) is 4.31 Å². The molecule has 10 heteroatoms. The number of rotatable bonds is 9. The molecule has 190 valence electrons. The SMILES string of the molecule is COc1ccc(S(=O)(=O)N2CC(Oc3ccccc3)CC2C(=O)Nc2cc(OC)cc(OC)c2)cc1. The summed E-state index contributed by atoms with van der Waals surface area (Å²) in [4.78, 5) is 13.5. The Morgan fingerprint density at radius 3 is 2.03 bits per heavy atom. The predicted octanol–water partition coefficient (Wildman–Crippen LogP) is 3.56. The van der Waals surface area contributed by atoms with E-state index in [0.717, 1.165) is 0 Å². The van der Waals surface area contributed by atoms with Gasteiger partial charge in [0.25, 0.3) is 0 Å². The molecular weight excluding hydrogens is 484 g/mol. The Morgan fingerprint density at radius 1 is 0.833 bits per heavy atom. The zero-order valence-electron chi connectivity index (χ0n) is 20.2. The van der Waals surface area contributed by atoms with E-state index in [1.54, 1.807) is 42.5 Å². The Kier molecular flexibility index (Phi) is 7.66. The van der Waals surface area contributed by atoms with Gasteiger partial charge < -0.3 is 24.3 Å². The summed E-state index contributed by atoms with van der Waals surface area (Å²) < 4.78 is 50.1. The largest absolute Gasteiger partial charge is 0.497 e. The second-order valence-corrected chi connectivity index (χ2v) is 10.0. The van der Waals surface area contributed by atoms with Crippen LogP contribution in [0.25, 0.3) is 0 Å². The van der Waals surface area contributed by atoms with Crippen molar-refractivity contribution < 1.29 is 32.2 Å². The van der Waals surface area contributed by atoms with Crippen LogP contribution in [0.4, 0.5) is 5.69 Å². The van der Waals surface area contributed by atoms with Gasteiger partial charge in [-0.25, -0.2) is 8.42 Å². The van der Waals surface area contributed by atoms with Crippen molar-refractivity contribution in [3.63, 3.8) is 0 Å². The molecule has 1 N–H and O–H groups in total. The van der Waals surface area contributed by atoms with Gasteiger partial charge in [-0.15, -0.1) is 0 Å². The van der Waals surface area contributed by atoms with Gasteiger partial charge in [0.2, 0.25) is 15.9 Å². The third kappa shape index (κ3) is 5.55. The van der Waals surface area contributed by atoms with Crippen LogP contribution in [0, 0.1) is 0 Å². The summed E-state index contributed by atoms with van der Waals surface area (Å²) in [5.41, 5.74) is 0.422. The van der Waals surface area contributed by atoms with Gasteiger partial charge in [0.1, 0.15) is 35.1 Å². The Morgan fingerprint density at radius 2 is 1.44 bits per heavy atom.